The molecule has 0 aromatic heterocycles. The van der Waals surface area contributed by atoms with Gasteiger partial charge in [0.2, 0.25) is 0 Å². The summed E-state index contributed by atoms with van der Waals surface area (Å²) in [5, 5.41) is 11.8. The fraction of sp³-hybridized carbons (Fsp3) is 0.500. The molecule has 2 N–H and O–H groups in total. The number of halogens is 1. The van der Waals surface area contributed by atoms with E-state index >= 15 is 0 Å². The van der Waals surface area contributed by atoms with Crippen LogP contribution < -0.4 is 5.32 Å². The first kappa shape index (κ1) is 17.7. The Labute approximate surface area is 134 Å². The number of aliphatic carboxylic acids is 1. The molecule has 2 atom stereocenters. The lowest BCUT2D eigenvalue weighted by Gasteiger charge is -2.15. The van der Waals surface area contributed by atoms with Crippen LogP contribution in [0.25, 0.3) is 0 Å². The number of nitrogens with one attached hydrogen (secondary N) is 1. The van der Waals surface area contributed by atoms with E-state index in [-0.39, 0.29) is 17.9 Å². The normalized spacial score (nSPS) is 13.5. The Kier molecular flexibility index (Phi) is 6.89. The van der Waals surface area contributed by atoms with E-state index in [4.69, 9.17) is 5.11 Å². The molecule has 0 fully saturated rings. The van der Waals surface area contributed by atoms with Crippen LogP contribution in [0.3, 0.4) is 0 Å². The number of benzene rings is 1. The van der Waals surface area contributed by atoms with Gasteiger partial charge in [-0.1, -0.05) is 25.0 Å². The molecule has 1 aromatic rings. The third kappa shape index (κ3) is 5.87. The van der Waals surface area contributed by atoms with Crippen LogP contribution in [-0.2, 0) is 4.79 Å². The van der Waals surface area contributed by atoms with E-state index in [1.54, 1.807) is 6.92 Å². The highest BCUT2D eigenvalue weighted by molar-refractivity contribution is 9.10. The Bertz CT molecular complexity index is 516. The standard InChI is InChI=1S/C16H22BrNO3/c1-10-7-8-14(17)13(9-10)15(19)18-12(3)6-4-5-11(2)16(20)21/h7-9,11-12H,4-6H2,1-3H3,(H,18,19)(H,20,21). The zero-order valence-corrected chi connectivity index (χ0v) is 14.2. The van der Waals surface area contributed by atoms with Gasteiger partial charge in [-0.25, -0.2) is 0 Å². The summed E-state index contributed by atoms with van der Waals surface area (Å²) < 4.78 is 0.775. The minimum Gasteiger partial charge on any atom is -0.481 e. The quantitative estimate of drug-likeness (QED) is 0.782. The van der Waals surface area contributed by atoms with Crippen LogP contribution >= 0.6 is 15.9 Å². The molecule has 0 bridgehead atoms. The van der Waals surface area contributed by atoms with E-state index in [2.05, 4.69) is 21.2 Å². The van der Waals surface area contributed by atoms with Crippen LogP contribution in [0.15, 0.2) is 22.7 Å². The summed E-state index contributed by atoms with van der Waals surface area (Å²) >= 11 is 3.38. The van der Waals surface area contributed by atoms with Crippen molar-refractivity contribution in [3.05, 3.63) is 33.8 Å². The maximum atomic E-state index is 12.2. The largest absolute Gasteiger partial charge is 0.481 e. The summed E-state index contributed by atoms with van der Waals surface area (Å²) in [5.41, 5.74) is 1.66. The van der Waals surface area contributed by atoms with Crippen molar-refractivity contribution in [2.24, 2.45) is 5.92 Å². The first-order valence-corrected chi connectivity index (χ1v) is 7.90. The molecule has 0 radical (unpaired) electrons. The Balaban J connectivity index is 2.47. The molecule has 1 amide bonds. The second-order valence-electron chi connectivity index (χ2n) is 5.53. The zero-order chi connectivity index (χ0) is 16.0. The van der Waals surface area contributed by atoms with E-state index in [9.17, 15) is 9.59 Å². The predicted molar refractivity (Wildman–Crippen MR) is 86.5 cm³/mol. The smallest absolute Gasteiger partial charge is 0.306 e. The molecule has 116 valence electrons. The lowest BCUT2D eigenvalue weighted by Crippen LogP contribution is -2.32. The lowest BCUT2D eigenvalue weighted by atomic mass is 10.0. The van der Waals surface area contributed by atoms with Crippen LogP contribution in [0, 0.1) is 12.8 Å². The number of amides is 1. The van der Waals surface area contributed by atoms with Gasteiger partial charge < -0.3 is 10.4 Å². The summed E-state index contributed by atoms with van der Waals surface area (Å²) in [7, 11) is 0. The van der Waals surface area contributed by atoms with Crippen molar-refractivity contribution in [3.63, 3.8) is 0 Å². The molecule has 2 unspecified atom stereocenters. The first-order chi connectivity index (χ1) is 9.81. The number of carbonyl (C=O) groups is 2. The SMILES string of the molecule is Cc1ccc(Br)c(C(=O)NC(C)CCCC(C)C(=O)O)c1. The van der Waals surface area contributed by atoms with Crippen LogP contribution in [-0.4, -0.2) is 23.0 Å². The van der Waals surface area contributed by atoms with Gasteiger partial charge in [-0.2, -0.15) is 0 Å². The molecule has 0 saturated carbocycles. The van der Waals surface area contributed by atoms with Crippen molar-refractivity contribution >= 4 is 27.8 Å². The lowest BCUT2D eigenvalue weighted by molar-refractivity contribution is -0.141. The maximum absolute atomic E-state index is 12.2. The number of carbonyl (C=O) groups excluding carboxylic acids is 1. The van der Waals surface area contributed by atoms with Crippen molar-refractivity contribution in [2.75, 3.05) is 0 Å². The summed E-state index contributed by atoms with van der Waals surface area (Å²) in [4.78, 5) is 22.9. The molecule has 5 heteroatoms. The Morgan fingerprint density at radius 1 is 1.29 bits per heavy atom. The molecule has 0 heterocycles. The zero-order valence-electron chi connectivity index (χ0n) is 12.6. The predicted octanol–water partition coefficient (Wildman–Crippen LogP) is 3.77. The van der Waals surface area contributed by atoms with E-state index in [1.807, 2.05) is 32.0 Å². The molecule has 0 aliphatic heterocycles. The highest BCUT2D eigenvalue weighted by atomic mass is 79.9. The number of carboxylic acids is 1. The molecular weight excluding hydrogens is 334 g/mol. The van der Waals surface area contributed by atoms with E-state index in [1.165, 1.54) is 0 Å². The van der Waals surface area contributed by atoms with Crippen LogP contribution in [0.1, 0.15) is 49.0 Å². The Hall–Kier alpha value is -1.36. The van der Waals surface area contributed by atoms with Crippen LogP contribution in [0.5, 0.6) is 0 Å². The van der Waals surface area contributed by atoms with Gasteiger partial charge in [0.1, 0.15) is 0 Å². The van der Waals surface area contributed by atoms with Crippen LogP contribution in [0.4, 0.5) is 0 Å². The van der Waals surface area contributed by atoms with Gasteiger partial charge in [0.05, 0.1) is 11.5 Å². The Morgan fingerprint density at radius 2 is 1.95 bits per heavy atom. The molecular formula is C16H22BrNO3. The van der Waals surface area contributed by atoms with Crippen molar-refractivity contribution in [3.8, 4) is 0 Å². The average Bonchev–Trinajstić information content (AvgIpc) is 2.41. The van der Waals surface area contributed by atoms with Gasteiger partial charge in [-0.3, -0.25) is 9.59 Å². The third-order valence-electron chi connectivity index (χ3n) is 3.44. The van der Waals surface area contributed by atoms with E-state index in [0.717, 1.165) is 22.9 Å². The summed E-state index contributed by atoms with van der Waals surface area (Å²) in [5.74, 6) is -1.21. The van der Waals surface area contributed by atoms with Gasteiger partial charge in [0.25, 0.3) is 5.91 Å². The molecule has 0 aliphatic rings. The second kappa shape index (κ2) is 8.17. The molecule has 1 rings (SSSR count). The molecule has 4 nitrogen and oxygen atoms in total. The highest BCUT2D eigenvalue weighted by Gasteiger charge is 2.14. The van der Waals surface area contributed by atoms with Gasteiger partial charge in [-0.05, 0) is 54.8 Å². The van der Waals surface area contributed by atoms with Gasteiger partial charge in [0, 0.05) is 10.5 Å². The monoisotopic (exact) mass is 355 g/mol. The van der Waals surface area contributed by atoms with E-state index < -0.39 is 5.97 Å². The third-order valence-corrected chi connectivity index (χ3v) is 4.13. The van der Waals surface area contributed by atoms with Crippen LogP contribution in [0.2, 0.25) is 0 Å². The highest BCUT2D eigenvalue weighted by Crippen LogP contribution is 2.18. The fourth-order valence-corrected chi connectivity index (χ4v) is 2.47. The number of hydrogen-bond acceptors (Lipinski definition) is 2. The maximum Gasteiger partial charge on any atom is 0.306 e. The summed E-state index contributed by atoms with van der Waals surface area (Å²) in [6.07, 6.45) is 2.18. The summed E-state index contributed by atoms with van der Waals surface area (Å²) in [6, 6.07) is 5.67. The van der Waals surface area contributed by atoms with Crippen molar-refractivity contribution in [2.45, 2.75) is 46.1 Å². The molecule has 1 aromatic carbocycles. The first-order valence-electron chi connectivity index (χ1n) is 7.11. The van der Waals surface area contributed by atoms with E-state index in [0.29, 0.717) is 12.0 Å². The van der Waals surface area contributed by atoms with Crippen molar-refractivity contribution < 1.29 is 14.7 Å². The minimum absolute atomic E-state index is 0.0194. The molecule has 0 saturated heterocycles. The number of aryl methyl sites for hydroxylation is 1. The van der Waals surface area contributed by atoms with Gasteiger partial charge >= 0.3 is 5.97 Å². The molecule has 0 aliphatic carbocycles. The van der Waals surface area contributed by atoms with Gasteiger partial charge in [0.15, 0.2) is 0 Å². The number of rotatable bonds is 7. The summed E-state index contributed by atoms with van der Waals surface area (Å²) in [6.45, 7) is 5.59. The molecule has 21 heavy (non-hydrogen) atoms. The minimum atomic E-state index is -0.768. The van der Waals surface area contributed by atoms with Crippen molar-refractivity contribution in [1.82, 2.24) is 5.32 Å². The van der Waals surface area contributed by atoms with Crippen molar-refractivity contribution in [1.29, 1.82) is 0 Å². The Morgan fingerprint density at radius 3 is 2.57 bits per heavy atom. The fourth-order valence-electron chi connectivity index (χ4n) is 2.04. The number of hydrogen-bond donors (Lipinski definition) is 2. The number of carboxylic acid groups (broad SMARTS) is 1. The molecule has 0 spiro atoms. The van der Waals surface area contributed by atoms with Gasteiger partial charge in [-0.15, -0.1) is 0 Å². The second-order valence-corrected chi connectivity index (χ2v) is 6.38. The average molecular weight is 356 g/mol. The topological polar surface area (TPSA) is 66.4 Å².